The Morgan fingerprint density at radius 1 is 0.933 bits per heavy atom. The van der Waals surface area contributed by atoms with Crippen LogP contribution in [-0.2, 0) is 15.5 Å². The molecule has 1 fully saturated rings. The maximum absolute atomic E-state index is 12.6. The highest BCUT2D eigenvalue weighted by molar-refractivity contribution is 6.62. The molecule has 3 rings (SSSR count). The fourth-order valence-electron chi connectivity index (χ4n) is 2.90. The van der Waals surface area contributed by atoms with E-state index >= 15 is 0 Å². The summed E-state index contributed by atoms with van der Waals surface area (Å²) >= 11 is 0. The summed E-state index contributed by atoms with van der Waals surface area (Å²) in [6, 6.07) is 11.0. The van der Waals surface area contributed by atoms with Crippen molar-refractivity contribution in [1.29, 1.82) is 0 Å². The summed E-state index contributed by atoms with van der Waals surface area (Å²) in [5.74, 6) is 0. The van der Waals surface area contributed by atoms with Gasteiger partial charge in [-0.05, 0) is 69.6 Å². The lowest BCUT2D eigenvalue weighted by Crippen LogP contribution is -2.41. The van der Waals surface area contributed by atoms with Crippen molar-refractivity contribution < 1.29 is 27.3 Å². The van der Waals surface area contributed by atoms with Crippen LogP contribution >= 0.6 is 0 Å². The van der Waals surface area contributed by atoms with Gasteiger partial charge in [-0.2, -0.15) is 13.2 Å². The van der Waals surface area contributed by atoms with Crippen LogP contribution < -0.4 is 15.7 Å². The predicted molar refractivity (Wildman–Crippen MR) is 111 cm³/mol. The van der Waals surface area contributed by atoms with E-state index < -0.39 is 36.1 Å². The Balaban J connectivity index is 1.66. The fourth-order valence-corrected chi connectivity index (χ4v) is 2.90. The number of anilines is 2. The zero-order chi connectivity index (χ0) is 22.3. The van der Waals surface area contributed by atoms with Gasteiger partial charge in [0.15, 0.2) is 0 Å². The largest absolute Gasteiger partial charge is 0.494 e. The second kappa shape index (κ2) is 7.63. The van der Waals surface area contributed by atoms with E-state index in [1.165, 1.54) is 17.0 Å². The molecule has 2 aromatic rings. The molecule has 1 aliphatic heterocycles. The summed E-state index contributed by atoms with van der Waals surface area (Å²) in [5.41, 5.74) is 0.0399. The third-order valence-electron chi connectivity index (χ3n) is 5.57. The van der Waals surface area contributed by atoms with E-state index in [0.29, 0.717) is 5.69 Å². The number of carbonyl (C=O) groups is 1. The van der Waals surface area contributed by atoms with Gasteiger partial charge in [-0.3, -0.25) is 4.90 Å². The lowest BCUT2D eigenvalue weighted by molar-refractivity contribution is -0.137. The minimum Gasteiger partial charge on any atom is -0.399 e. The highest BCUT2D eigenvalue weighted by atomic mass is 19.4. The lowest BCUT2D eigenvalue weighted by atomic mass is 9.79. The molecule has 30 heavy (non-hydrogen) atoms. The van der Waals surface area contributed by atoms with Crippen LogP contribution in [0.1, 0.15) is 33.3 Å². The van der Waals surface area contributed by atoms with Gasteiger partial charge in [0.1, 0.15) is 0 Å². The summed E-state index contributed by atoms with van der Waals surface area (Å²) in [6.07, 6.45) is -4.42. The standard InChI is InChI=1S/C21H24BF3N2O3/c1-19(2)20(3,4)30-22(29-19)15-8-12-17(13-9-15)27(5)18(28)26-16-10-6-14(7-11-16)21(23,24)25/h6-13H,1-5H3,(H,26,28). The Kier molecular flexibility index (Phi) is 5.64. The molecule has 2 amide bonds. The maximum Gasteiger partial charge on any atom is 0.494 e. The summed E-state index contributed by atoms with van der Waals surface area (Å²) in [7, 11) is 1.07. The number of nitrogens with one attached hydrogen (secondary N) is 1. The summed E-state index contributed by atoms with van der Waals surface area (Å²) in [6.45, 7) is 7.89. The molecule has 0 aromatic heterocycles. The molecule has 0 bridgehead atoms. The summed E-state index contributed by atoms with van der Waals surface area (Å²) < 4.78 is 50.0. The van der Waals surface area contributed by atoms with Crippen molar-refractivity contribution in [3.8, 4) is 0 Å². The fraction of sp³-hybridized carbons (Fsp3) is 0.381. The molecule has 0 saturated carbocycles. The quantitative estimate of drug-likeness (QED) is 0.735. The first-order valence-corrected chi connectivity index (χ1v) is 9.48. The molecule has 0 atom stereocenters. The van der Waals surface area contributed by atoms with E-state index in [0.717, 1.165) is 17.6 Å². The molecule has 160 valence electrons. The van der Waals surface area contributed by atoms with Crippen molar-refractivity contribution in [2.24, 2.45) is 0 Å². The Morgan fingerprint density at radius 3 is 1.90 bits per heavy atom. The van der Waals surface area contributed by atoms with Gasteiger partial charge < -0.3 is 14.6 Å². The van der Waals surface area contributed by atoms with E-state index in [2.05, 4.69) is 5.32 Å². The average molecular weight is 420 g/mol. The van der Waals surface area contributed by atoms with Crippen molar-refractivity contribution in [2.75, 3.05) is 17.3 Å². The minimum absolute atomic E-state index is 0.272. The van der Waals surface area contributed by atoms with Crippen molar-refractivity contribution >= 4 is 30.0 Å². The maximum atomic E-state index is 12.6. The number of nitrogens with zero attached hydrogens (tertiary/aromatic N) is 1. The molecule has 0 spiro atoms. The van der Waals surface area contributed by atoms with Gasteiger partial charge in [-0.1, -0.05) is 12.1 Å². The zero-order valence-corrected chi connectivity index (χ0v) is 17.5. The van der Waals surface area contributed by atoms with Crippen LogP contribution in [0.5, 0.6) is 0 Å². The Bertz CT molecular complexity index is 897. The highest BCUT2D eigenvalue weighted by Gasteiger charge is 2.51. The lowest BCUT2D eigenvalue weighted by Gasteiger charge is -2.32. The number of benzene rings is 2. The van der Waals surface area contributed by atoms with Crippen LogP contribution in [-0.4, -0.2) is 31.4 Å². The van der Waals surface area contributed by atoms with E-state index in [1.54, 1.807) is 19.2 Å². The summed E-state index contributed by atoms with van der Waals surface area (Å²) in [5, 5.41) is 2.58. The van der Waals surface area contributed by atoms with Gasteiger partial charge in [0.25, 0.3) is 0 Å². The SMILES string of the molecule is CN(C(=O)Nc1ccc(C(F)(F)F)cc1)c1ccc(B2OC(C)(C)C(C)(C)O2)cc1. The van der Waals surface area contributed by atoms with Crippen molar-refractivity contribution in [3.63, 3.8) is 0 Å². The Hall–Kier alpha value is -2.52. The third-order valence-corrected chi connectivity index (χ3v) is 5.57. The van der Waals surface area contributed by atoms with Crippen molar-refractivity contribution in [1.82, 2.24) is 0 Å². The number of carbonyl (C=O) groups excluding carboxylic acids is 1. The number of halogens is 3. The molecule has 5 nitrogen and oxygen atoms in total. The van der Waals surface area contributed by atoms with E-state index in [4.69, 9.17) is 9.31 Å². The van der Waals surface area contributed by atoms with Crippen LogP contribution in [0, 0.1) is 0 Å². The monoisotopic (exact) mass is 420 g/mol. The van der Waals surface area contributed by atoms with E-state index in [1.807, 2.05) is 39.8 Å². The predicted octanol–water partition coefficient (Wildman–Crippen LogP) is 4.67. The smallest absolute Gasteiger partial charge is 0.399 e. The van der Waals surface area contributed by atoms with Crippen LogP contribution in [0.15, 0.2) is 48.5 Å². The molecule has 0 radical (unpaired) electrons. The molecule has 1 heterocycles. The number of urea groups is 1. The molecule has 9 heteroatoms. The van der Waals surface area contributed by atoms with Gasteiger partial charge in [0.05, 0.1) is 16.8 Å². The average Bonchev–Trinajstić information content (AvgIpc) is 2.88. The Morgan fingerprint density at radius 2 is 1.43 bits per heavy atom. The third kappa shape index (κ3) is 4.47. The van der Waals surface area contributed by atoms with Crippen molar-refractivity contribution in [3.05, 3.63) is 54.1 Å². The molecule has 2 aromatic carbocycles. The second-order valence-electron chi connectivity index (χ2n) is 8.24. The first-order valence-electron chi connectivity index (χ1n) is 9.48. The number of hydrogen-bond donors (Lipinski definition) is 1. The van der Waals surface area contributed by atoms with Crippen LogP contribution in [0.25, 0.3) is 0 Å². The van der Waals surface area contributed by atoms with Crippen molar-refractivity contribution in [2.45, 2.75) is 45.1 Å². The molecule has 0 aliphatic carbocycles. The first-order chi connectivity index (χ1) is 13.8. The number of rotatable bonds is 3. The van der Waals surface area contributed by atoms with Gasteiger partial charge in [-0.25, -0.2) is 4.79 Å². The van der Waals surface area contributed by atoms with Gasteiger partial charge in [0, 0.05) is 18.4 Å². The number of hydrogen-bond acceptors (Lipinski definition) is 3. The first kappa shape index (κ1) is 22.2. The molecule has 1 N–H and O–H groups in total. The zero-order valence-electron chi connectivity index (χ0n) is 17.5. The van der Waals surface area contributed by atoms with Crippen LogP contribution in [0.2, 0.25) is 0 Å². The van der Waals surface area contributed by atoms with Crippen LogP contribution in [0.3, 0.4) is 0 Å². The molecular weight excluding hydrogens is 396 g/mol. The van der Waals surface area contributed by atoms with Gasteiger partial charge >= 0.3 is 19.3 Å². The van der Waals surface area contributed by atoms with Crippen LogP contribution in [0.4, 0.5) is 29.3 Å². The van der Waals surface area contributed by atoms with E-state index in [-0.39, 0.29) is 5.69 Å². The number of amides is 2. The normalized spacial score (nSPS) is 17.7. The Labute approximate surface area is 174 Å². The molecular formula is C21H24BF3N2O3. The molecule has 1 saturated heterocycles. The molecule has 0 unspecified atom stereocenters. The topological polar surface area (TPSA) is 50.8 Å². The minimum atomic E-state index is -4.42. The van der Waals surface area contributed by atoms with Gasteiger partial charge in [0.2, 0.25) is 0 Å². The number of alkyl halides is 3. The van der Waals surface area contributed by atoms with Gasteiger partial charge in [-0.15, -0.1) is 0 Å². The second-order valence-corrected chi connectivity index (χ2v) is 8.24. The molecule has 1 aliphatic rings. The summed E-state index contributed by atoms with van der Waals surface area (Å²) in [4.78, 5) is 13.8. The highest BCUT2D eigenvalue weighted by Crippen LogP contribution is 2.36. The van der Waals surface area contributed by atoms with E-state index in [9.17, 15) is 18.0 Å².